The van der Waals surface area contributed by atoms with Crippen LogP contribution in [0.4, 0.5) is 0 Å². The summed E-state index contributed by atoms with van der Waals surface area (Å²) in [5.41, 5.74) is 1.53. The molecule has 0 radical (unpaired) electrons. The highest BCUT2D eigenvalue weighted by molar-refractivity contribution is 6.46. The Morgan fingerprint density at radius 3 is 2.34 bits per heavy atom. The molecule has 1 aliphatic heterocycles. The quantitative estimate of drug-likeness (QED) is 0.237. The molecule has 0 aliphatic carbocycles. The second kappa shape index (κ2) is 11.7. The van der Waals surface area contributed by atoms with E-state index in [-0.39, 0.29) is 17.9 Å². The van der Waals surface area contributed by atoms with E-state index in [0.717, 1.165) is 12.0 Å². The Kier molecular flexibility index (Phi) is 8.15. The molecule has 0 saturated carbocycles. The normalized spacial score (nSPS) is 16.4. The Morgan fingerprint density at radius 2 is 1.74 bits per heavy atom. The van der Waals surface area contributed by atoms with Crippen molar-refractivity contribution in [3.63, 3.8) is 0 Å². The lowest BCUT2D eigenvalue weighted by Gasteiger charge is -2.26. The maximum absolute atomic E-state index is 13.5. The first kappa shape index (κ1) is 26.5. The minimum Gasteiger partial charge on any atom is -0.507 e. The predicted octanol–water partition coefficient (Wildman–Crippen LogP) is 4.52. The Labute approximate surface area is 221 Å². The molecular formula is C29H30N2O7. The van der Waals surface area contributed by atoms with Gasteiger partial charge in [-0.1, -0.05) is 25.1 Å². The van der Waals surface area contributed by atoms with E-state index in [1.54, 1.807) is 54.9 Å². The highest BCUT2D eigenvalue weighted by atomic mass is 16.5. The van der Waals surface area contributed by atoms with Crippen molar-refractivity contribution in [2.75, 3.05) is 27.9 Å². The molecule has 1 aromatic heterocycles. The summed E-state index contributed by atoms with van der Waals surface area (Å²) < 4.78 is 22.2. The zero-order chi connectivity index (χ0) is 27.2. The van der Waals surface area contributed by atoms with Crippen LogP contribution in [0.5, 0.6) is 23.0 Å². The first-order valence-corrected chi connectivity index (χ1v) is 12.1. The number of carbonyl (C=O) groups excluding carboxylic acids is 2. The molecule has 0 spiro atoms. The number of Topliss-reactive ketones (excluding diaryl/α,β-unsaturated/α-hetero) is 1. The Balaban J connectivity index is 1.91. The van der Waals surface area contributed by atoms with Crippen LogP contribution in [-0.2, 0) is 16.1 Å². The number of methoxy groups -OCH3 is 3. The maximum Gasteiger partial charge on any atom is 0.295 e. The molecule has 2 heterocycles. The summed E-state index contributed by atoms with van der Waals surface area (Å²) in [7, 11) is 4.45. The van der Waals surface area contributed by atoms with Gasteiger partial charge >= 0.3 is 0 Å². The molecule has 198 valence electrons. The van der Waals surface area contributed by atoms with Gasteiger partial charge in [-0.05, 0) is 47.9 Å². The Bertz CT molecular complexity index is 1330. The van der Waals surface area contributed by atoms with Crippen LogP contribution in [0.3, 0.4) is 0 Å². The lowest BCUT2D eigenvalue weighted by molar-refractivity contribution is -0.140. The summed E-state index contributed by atoms with van der Waals surface area (Å²) in [4.78, 5) is 32.4. The Morgan fingerprint density at radius 1 is 1.00 bits per heavy atom. The van der Waals surface area contributed by atoms with Gasteiger partial charge in [-0.25, -0.2) is 0 Å². The van der Waals surface area contributed by atoms with Gasteiger partial charge in [-0.2, -0.15) is 0 Å². The summed E-state index contributed by atoms with van der Waals surface area (Å²) in [6.45, 7) is 2.59. The molecular weight excluding hydrogens is 488 g/mol. The van der Waals surface area contributed by atoms with E-state index < -0.39 is 17.7 Å². The standard InChI is InChI=1S/C29H30N2O7/c1-5-12-38-21-10-6-9-19(13-21)26(32)24-25(20-14-22(35-2)28(37-4)23(15-20)36-3)31(29(34)27(24)33)17-18-8-7-11-30-16-18/h6-11,13-16,25,32H,5,12,17H2,1-4H3. The van der Waals surface area contributed by atoms with Gasteiger partial charge in [0.15, 0.2) is 11.5 Å². The number of rotatable bonds is 10. The van der Waals surface area contributed by atoms with Crippen molar-refractivity contribution < 1.29 is 33.6 Å². The van der Waals surface area contributed by atoms with Crippen molar-refractivity contribution in [3.05, 3.63) is 83.2 Å². The Hall–Kier alpha value is -4.53. The van der Waals surface area contributed by atoms with Gasteiger partial charge in [0.25, 0.3) is 11.7 Å². The van der Waals surface area contributed by atoms with Crippen LogP contribution in [0.2, 0.25) is 0 Å². The van der Waals surface area contributed by atoms with Crippen LogP contribution in [-0.4, -0.2) is 54.6 Å². The minimum absolute atomic E-state index is 0.0548. The van der Waals surface area contributed by atoms with Gasteiger partial charge in [0.05, 0.1) is 39.6 Å². The van der Waals surface area contributed by atoms with Crippen molar-refractivity contribution in [1.29, 1.82) is 0 Å². The van der Waals surface area contributed by atoms with E-state index in [1.165, 1.54) is 26.2 Å². The first-order valence-electron chi connectivity index (χ1n) is 12.1. The lowest BCUT2D eigenvalue weighted by Crippen LogP contribution is -2.29. The van der Waals surface area contributed by atoms with Crippen LogP contribution < -0.4 is 18.9 Å². The molecule has 1 fully saturated rings. The number of aliphatic hydroxyl groups is 1. The summed E-state index contributed by atoms with van der Waals surface area (Å²) in [5, 5.41) is 11.5. The summed E-state index contributed by atoms with van der Waals surface area (Å²) in [6, 6.07) is 12.8. The van der Waals surface area contributed by atoms with Crippen LogP contribution in [0.25, 0.3) is 5.76 Å². The second-order valence-corrected chi connectivity index (χ2v) is 8.62. The van der Waals surface area contributed by atoms with Gasteiger partial charge in [0.2, 0.25) is 5.75 Å². The number of nitrogens with zero attached hydrogens (tertiary/aromatic N) is 2. The molecule has 9 nitrogen and oxygen atoms in total. The van der Waals surface area contributed by atoms with Gasteiger partial charge in [0.1, 0.15) is 11.5 Å². The van der Waals surface area contributed by atoms with Crippen LogP contribution in [0.15, 0.2) is 66.5 Å². The van der Waals surface area contributed by atoms with E-state index in [4.69, 9.17) is 18.9 Å². The number of amides is 1. The molecule has 3 aromatic rings. The van der Waals surface area contributed by atoms with Crippen molar-refractivity contribution in [3.8, 4) is 23.0 Å². The van der Waals surface area contributed by atoms with Gasteiger partial charge < -0.3 is 29.0 Å². The SMILES string of the molecule is CCCOc1cccc(C(O)=C2C(=O)C(=O)N(Cc3cccnc3)C2c2cc(OC)c(OC)c(OC)c2)c1. The molecule has 1 unspecified atom stereocenters. The second-order valence-electron chi connectivity index (χ2n) is 8.62. The monoisotopic (exact) mass is 518 g/mol. The van der Waals surface area contributed by atoms with E-state index in [9.17, 15) is 14.7 Å². The van der Waals surface area contributed by atoms with E-state index in [2.05, 4.69) is 4.98 Å². The predicted molar refractivity (Wildman–Crippen MR) is 140 cm³/mol. The van der Waals surface area contributed by atoms with Gasteiger partial charge in [0, 0.05) is 24.5 Å². The third-order valence-electron chi connectivity index (χ3n) is 6.20. The van der Waals surface area contributed by atoms with Crippen LogP contribution in [0, 0.1) is 0 Å². The summed E-state index contributed by atoms with van der Waals surface area (Å²) >= 11 is 0. The molecule has 1 atom stereocenters. The summed E-state index contributed by atoms with van der Waals surface area (Å²) in [6.07, 6.45) is 4.07. The van der Waals surface area contributed by atoms with Crippen molar-refractivity contribution in [2.24, 2.45) is 0 Å². The maximum atomic E-state index is 13.5. The fraction of sp³-hybridized carbons (Fsp3) is 0.276. The number of carbonyl (C=O) groups is 2. The lowest BCUT2D eigenvalue weighted by atomic mass is 9.94. The van der Waals surface area contributed by atoms with Gasteiger partial charge in [-0.3, -0.25) is 14.6 Å². The number of pyridine rings is 1. The van der Waals surface area contributed by atoms with Crippen molar-refractivity contribution >= 4 is 17.4 Å². The molecule has 1 saturated heterocycles. The smallest absolute Gasteiger partial charge is 0.295 e. The molecule has 38 heavy (non-hydrogen) atoms. The number of ether oxygens (including phenoxy) is 4. The van der Waals surface area contributed by atoms with Crippen molar-refractivity contribution in [1.82, 2.24) is 9.88 Å². The molecule has 1 aliphatic rings. The fourth-order valence-corrected chi connectivity index (χ4v) is 4.45. The van der Waals surface area contributed by atoms with E-state index in [1.807, 2.05) is 13.0 Å². The molecule has 9 heteroatoms. The third kappa shape index (κ3) is 5.13. The molecule has 0 bridgehead atoms. The fourth-order valence-electron chi connectivity index (χ4n) is 4.45. The number of aliphatic hydroxyl groups excluding tert-OH is 1. The number of benzene rings is 2. The number of likely N-dealkylation sites (tertiary alicyclic amines) is 1. The number of hydrogen-bond donors (Lipinski definition) is 1. The molecule has 1 N–H and O–H groups in total. The zero-order valence-corrected chi connectivity index (χ0v) is 21.8. The highest BCUT2D eigenvalue weighted by Gasteiger charge is 2.46. The van der Waals surface area contributed by atoms with Gasteiger partial charge in [-0.15, -0.1) is 0 Å². The van der Waals surface area contributed by atoms with Crippen LogP contribution >= 0.6 is 0 Å². The van der Waals surface area contributed by atoms with Crippen molar-refractivity contribution in [2.45, 2.75) is 25.9 Å². The van der Waals surface area contributed by atoms with E-state index in [0.29, 0.717) is 40.7 Å². The summed E-state index contributed by atoms with van der Waals surface area (Å²) in [5.74, 6) is -0.239. The third-order valence-corrected chi connectivity index (χ3v) is 6.20. The number of hydrogen-bond acceptors (Lipinski definition) is 8. The minimum atomic E-state index is -0.941. The largest absolute Gasteiger partial charge is 0.507 e. The molecule has 4 rings (SSSR count). The topological polar surface area (TPSA) is 107 Å². The molecule has 1 amide bonds. The average molecular weight is 519 g/mol. The number of aromatic nitrogens is 1. The molecule has 2 aromatic carbocycles. The highest BCUT2D eigenvalue weighted by Crippen LogP contribution is 2.46. The van der Waals surface area contributed by atoms with E-state index >= 15 is 0 Å². The average Bonchev–Trinajstić information content (AvgIpc) is 3.20. The zero-order valence-electron chi connectivity index (χ0n) is 21.8. The number of ketones is 1. The van der Waals surface area contributed by atoms with Crippen LogP contribution in [0.1, 0.15) is 36.1 Å². The first-order chi connectivity index (χ1) is 18.4.